The monoisotopic (exact) mass is 516 g/mol. The molecule has 0 aromatic heterocycles. The third-order valence-electron chi connectivity index (χ3n) is 5.78. The maximum Gasteiger partial charge on any atom is 0.446 e. The predicted octanol–water partition coefficient (Wildman–Crippen LogP) is 6.33. The largest absolute Gasteiger partial charge is 0.489 e. The zero-order valence-electron chi connectivity index (χ0n) is 19.6. The van der Waals surface area contributed by atoms with E-state index >= 15 is 0 Å². The minimum atomic E-state index is -4.40. The fraction of sp³-hybridized carbons (Fsp3) is 0.296. The fourth-order valence-electron chi connectivity index (χ4n) is 3.92. The quantitative estimate of drug-likeness (QED) is 0.327. The second-order valence-electron chi connectivity index (χ2n) is 8.36. The van der Waals surface area contributed by atoms with Crippen LogP contribution in [-0.2, 0) is 24.5 Å². The van der Waals surface area contributed by atoms with Gasteiger partial charge in [-0.2, -0.15) is 13.2 Å². The Morgan fingerprint density at radius 3 is 2.17 bits per heavy atom. The number of alkyl halides is 3. The molecule has 3 aromatic carbocycles. The standard InChI is InChI=1S/C27H27F3N2O3S/c28-27(29,30)36-25-13-7-5-11-23(25)20-35-26(33)32-16-14-31(15-17-32)18-22-10-4-6-12-24(22)34-19-21-8-2-1-3-9-21/h1-13H,14-20H2. The van der Waals surface area contributed by atoms with Crippen LogP contribution in [0.25, 0.3) is 0 Å². The number of carbonyl (C=O) groups is 1. The lowest BCUT2D eigenvalue weighted by Crippen LogP contribution is -2.48. The number of halogens is 3. The van der Waals surface area contributed by atoms with Crippen molar-refractivity contribution in [3.05, 3.63) is 95.6 Å². The molecule has 4 rings (SSSR count). The molecule has 1 fully saturated rings. The van der Waals surface area contributed by atoms with Crippen LogP contribution in [-0.4, -0.2) is 47.6 Å². The summed E-state index contributed by atoms with van der Waals surface area (Å²) in [6, 6.07) is 24.0. The molecule has 9 heteroatoms. The summed E-state index contributed by atoms with van der Waals surface area (Å²) < 4.78 is 49.7. The van der Waals surface area contributed by atoms with Gasteiger partial charge in [-0.3, -0.25) is 4.90 Å². The van der Waals surface area contributed by atoms with E-state index in [0.29, 0.717) is 44.9 Å². The first-order chi connectivity index (χ1) is 17.4. The maximum absolute atomic E-state index is 12.8. The van der Waals surface area contributed by atoms with Gasteiger partial charge in [0.15, 0.2) is 0 Å². The van der Waals surface area contributed by atoms with Crippen molar-refractivity contribution in [2.75, 3.05) is 26.2 Å². The second kappa shape index (κ2) is 12.2. The summed E-state index contributed by atoms with van der Waals surface area (Å²) in [7, 11) is 0. The van der Waals surface area contributed by atoms with E-state index in [9.17, 15) is 18.0 Å². The highest BCUT2D eigenvalue weighted by Crippen LogP contribution is 2.38. The Labute approximate surface area is 212 Å². The first kappa shape index (κ1) is 25.9. The van der Waals surface area contributed by atoms with Gasteiger partial charge in [0.25, 0.3) is 0 Å². The lowest BCUT2D eigenvalue weighted by atomic mass is 10.1. The predicted molar refractivity (Wildman–Crippen MR) is 133 cm³/mol. The highest BCUT2D eigenvalue weighted by molar-refractivity contribution is 8.00. The van der Waals surface area contributed by atoms with Crippen LogP contribution in [0.5, 0.6) is 5.75 Å². The summed E-state index contributed by atoms with van der Waals surface area (Å²) in [6.45, 7) is 3.24. The number of carbonyl (C=O) groups excluding carboxylic acids is 1. The van der Waals surface area contributed by atoms with E-state index in [4.69, 9.17) is 9.47 Å². The zero-order valence-corrected chi connectivity index (χ0v) is 20.4. The molecule has 190 valence electrons. The van der Waals surface area contributed by atoms with Crippen molar-refractivity contribution in [2.24, 2.45) is 0 Å². The molecule has 0 saturated carbocycles. The van der Waals surface area contributed by atoms with E-state index in [0.717, 1.165) is 16.9 Å². The molecule has 1 heterocycles. The minimum Gasteiger partial charge on any atom is -0.489 e. The average molecular weight is 517 g/mol. The summed E-state index contributed by atoms with van der Waals surface area (Å²) in [5.41, 5.74) is -1.90. The summed E-state index contributed by atoms with van der Waals surface area (Å²) >= 11 is -0.203. The molecule has 0 atom stereocenters. The molecule has 0 spiro atoms. The van der Waals surface area contributed by atoms with Crippen LogP contribution < -0.4 is 4.74 Å². The fourth-order valence-corrected chi connectivity index (χ4v) is 4.57. The Balaban J connectivity index is 1.26. The van der Waals surface area contributed by atoms with E-state index in [-0.39, 0.29) is 23.3 Å². The van der Waals surface area contributed by atoms with Crippen LogP contribution >= 0.6 is 11.8 Å². The van der Waals surface area contributed by atoms with Gasteiger partial charge in [0, 0.05) is 48.7 Å². The first-order valence-electron chi connectivity index (χ1n) is 11.6. The Bertz CT molecular complexity index is 1140. The number of ether oxygens (including phenoxy) is 2. The molecule has 1 amide bonds. The van der Waals surface area contributed by atoms with Crippen molar-refractivity contribution >= 4 is 17.9 Å². The first-order valence-corrected chi connectivity index (χ1v) is 12.4. The highest BCUT2D eigenvalue weighted by atomic mass is 32.2. The van der Waals surface area contributed by atoms with Gasteiger partial charge in [0.1, 0.15) is 19.0 Å². The van der Waals surface area contributed by atoms with Gasteiger partial charge in [-0.05, 0) is 29.5 Å². The van der Waals surface area contributed by atoms with Crippen molar-refractivity contribution in [1.82, 2.24) is 9.80 Å². The van der Waals surface area contributed by atoms with Gasteiger partial charge >= 0.3 is 11.6 Å². The van der Waals surface area contributed by atoms with Crippen LogP contribution in [0.4, 0.5) is 18.0 Å². The van der Waals surface area contributed by atoms with Crippen LogP contribution in [0.3, 0.4) is 0 Å². The van der Waals surface area contributed by atoms with Crippen molar-refractivity contribution in [3.8, 4) is 5.75 Å². The van der Waals surface area contributed by atoms with E-state index in [2.05, 4.69) is 4.90 Å². The van der Waals surface area contributed by atoms with E-state index in [1.54, 1.807) is 11.0 Å². The third kappa shape index (κ3) is 7.66. The van der Waals surface area contributed by atoms with Crippen LogP contribution in [0.1, 0.15) is 16.7 Å². The second-order valence-corrected chi connectivity index (χ2v) is 9.46. The zero-order chi connectivity index (χ0) is 25.4. The van der Waals surface area contributed by atoms with E-state index < -0.39 is 11.6 Å². The number of thioether (sulfide) groups is 1. The minimum absolute atomic E-state index is 0.0377. The Morgan fingerprint density at radius 2 is 1.44 bits per heavy atom. The van der Waals surface area contributed by atoms with Gasteiger partial charge in [-0.1, -0.05) is 66.7 Å². The number of piperazine rings is 1. The highest BCUT2D eigenvalue weighted by Gasteiger charge is 2.30. The molecule has 0 unspecified atom stereocenters. The normalized spacial score (nSPS) is 14.5. The Morgan fingerprint density at radius 1 is 0.806 bits per heavy atom. The smallest absolute Gasteiger partial charge is 0.446 e. The number of benzene rings is 3. The molecule has 1 aliphatic heterocycles. The Hall–Kier alpha value is -3.17. The van der Waals surface area contributed by atoms with Gasteiger partial charge in [-0.15, -0.1) is 0 Å². The lowest BCUT2D eigenvalue weighted by Gasteiger charge is -2.34. The average Bonchev–Trinajstić information content (AvgIpc) is 2.88. The molecule has 1 aliphatic rings. The SMILES string of the molecule is O=C(OCc1ccccc1SC(F)(F)F)N1CCN(Cc2ccccc2OCc2ccccc2)CC1. The van der Waals surface area contributed by atoms with Crippen LogP contribution in [0.2, 0.25) is 0 Å². The number of hydrogen-bond donors (Lipinski definition) is 0. The molecule has 0 radical (unpaired) electrons. The third-order valence-corrected chi connectivity index (χ3v) is 6.63. The van der Waals surface area contributed by atoms with Crippen molar-refractivity contribution in [2.45, 2.75) is 30.2 Å². The van der Waals surface area contributed by atoms with Gasteiger partial charge in [0.2, 0.25) is 0 Å². The molecule has 0 aliphatic carbocycles. The molecule has 0 bridgehead atoms. The van der Waals surface area contributed by atoms with Gasteiger partial charge in [-0.25, -0.2) is 4.79 Å². The van der Waals surface area contributed by atoms with Crippen LogP contribution in [0.15, 0.2) is 83.8 Å². The molecular weight excluding hydrogens is 489 g/mol. The van der Waals surface area contributed by atoms with Crippen molar-refractivity contribution in [1.29, 1.82) is 0 Å². The number of hydrogen-bond acceptors (Lipinski definition) is 5. The lowest BCUT2D eigenvalue weighted by molar-refractivity contribution is -0.0328. The molecule has 3 aromatic rings. The topological polar surface area (TPSA) is 42.0 Å². The summed E-state index contributed by atoms with van der Waals surface area (Å²) in [5, 5.41) is 0. The van der Waals surface area contributed by atoms with Gasteiger partial charge < -0.3 is 14.4 Å². The molecule has 36 heavy (non-hydrogen) atoms. The summed E-state index contributed by atoms with van der Waals surface area (Å²) in [5.74, 6) is 0.832. The number of para-hydroxylation sites is 1. The molecule has 5 nitrogen and oxygen atoms in total. The van der Waals surface area contributed by atoms with E-state index in [1.807, 2.05) is 54.6 Å². The van der Waals surface area contributed by atoms with Gasteiger partial charge in [0.05, 0.1) is 0 Å². The number of amides is 1. The van der Waals surface area contributed by atoms with Crippen molar-refractivity contribution in [3.63, 3.8) is 0 Å². The van der Waals surface area contributed by atoms with Crippen LogP contribution in [0, 0.1) is 0 Å². The number of rotatable bonds is 8. The molecule has 0 N–H and O–H groups in total. The van der Waals surface area contributed by atoms with Crippen molar-refractivity contribution < 1.29 is 27.4 Å². The maximum atomic E-state index is 12.8. The summed E-state index contributed by atoms with van der Waals surface area (Å²) in [6.07, 6.45) is -0.520. The summed E-state index contributed by atoms with van der Waals surface area (Å²) in [4.78, 5) is 16.4. The molecule has 1 saturated heterocycles. The Kier molecular flexibility index (Phi) is 8.77. The molecular formula is C27H27F3N2O3S. The van der Waals surface area contributed by atoms with E-state index in [1.165, 1.54) is 18.2 Å². The number of nitrogens with zero attached hydrogens (tertiary/aromatic N) is 2.